The van der Waals surface area contributed by atoms with E-state index in [0.29, 0.717) is 6.04 Å². The van der Waals surface area contributed by atoms with Gasteiger partial charge in [-0.25, -0.2) is 0 Å². The van der Waals surface area contributed by atoms with Crippen LogP contribution in [0.1, 0.15) is 31.6 Å². The van der Waals surface area contributed by atoms with Crippen LogP contribution in [0.3, 0.4) is 0 Å². The van der Waals surface area contributed by atoms with Crippen LogP contribution >= 0.6 is 11.3 Å². The lowest BCUT2D eigenvalue weighted by molar-refractivity contribution is 0.422. The van der Waals surface area contributed by atoms with Gasteiger partial charge in [0, 0.05) is 17.1 Å². The van der Waals surface area contributed by atoms with Gasteiger partial charge >= 0.3 is 0 Å². The summed E-state index contributed by atoms with van der Waals surface area (Å²) in [5.41, 5.74) is 1.91. The molecule has 0 aliphatic carbocycles. The maximum absolute atomic E-state index is 4.08. The van der Waals surface area contributed by atoms with Crippen molar-refractivity contribution in [3.8, 4) is 0 Å². The van der Waals surface area contributed by atoms with Crippen LogP contribution in [0.5, 0.6) is 0 Å². The predicted octanol–water partition coefficient (Wildman–Crippen LogP) is 2.71. The molecule has 14 heavy (non-hydrogen) atoms. The Kier molecular flexibility index (Phi) is 5.12. The molecule has 1 N–H and O–H groups in total. The van der Waals surface area contributed by atoms with E-state index in [-0.39, 0.29) is 0 Å². The van der Waals surface area contributed by atoms with Gasteiger partial charge < -0.3 is 5.32 Å². The lowest BCUT2D eigenvalue weighted by Crippen LogP contribution is -2.27. The Balaban J connectivity index is 2.27. The van der Waals surface area contributed by atoms with Crippen LogP contribution in [0, 0.1) is 5.92 Å². The molecule has 0 bridgehead atoms. The highest BCUT2D eigenvalue weighted by Crippen LogP contribution is 2.13. The summed E-state index contributed by atoms with van der Waals surface area (Å²) in [7, 11) is 2.06. The molecule has 0 fully saturated rings. The van der Waals surface area contributed by atoms with Crippen LogP contribution in [0.25, 0.3) is 0 Å². The second-order valence-electron chi connectivity index (χ2n) is 4.12. The summed E-state index contributed by atoms with van der Waals surface area (Å²) in [6, 6.07) is 0.650. The highest BCUT2D eigenvalue weighted by Gasteiger charge is 2.08. The third-order valence-corrected chi connectivity index (χ3v) is 3.23. The van der Waals surface area contributed by atoms with Gasteiger partial charge in [-0.05, 0) is 32.2 Å². The lowest BCUT2D eigenvalue weighted by Gasteiger charge is -2.17. The summed E-state index contributed by atoms with van der Waals surface area (Å²) in [4.78, 5) is 5.48. The van der Waals surface area contributed by atoms with Crippen molar-refractivity contribution >= 4 is 11.3 Å². The molecule has 1 rings (SSSR count). The summed E-state index contributed by atoms with van der Waals surface area (Å²) >= 11 is 1.76. The van der Waals surface area contributed by atoms with Crippen LogP contribution in [0.4, 0.5) is 0 Å². The molecule has 0 radical (unpaired) electrons. The molecule has 0 spiro atoms. The molecule has 3 heteroatoms. The first-order chi connectivity index (χ1) is 6.72. The van der Waals surface area contributed by atoms with Crippen molar-refractivity contribution in [2.45, 2.75) is 39.2 Å². The topological polar surface area (TPSA) is 24.9 Å². The first kappa shape index (κ1) is 11.7. The molecular formula is C11H20N2S. The van der Waals surface area contributed by atoms with Gasteiger partial charge in [0.05, 0.1) is 5.51 Å². The van der Waals surface area contributed by atoms with E-state index in [9.17, 15) is 0 Å². The van der Waals surface area contributed by atoms with E-state index in [1.807, 2.05) is 11.7 Å². The highest BCUT2D eigenvalue weighted by atomic mass is 32.1. The minimum absolute atomic E-state index is 0.650. The van der Waals surface area contributed by atoms with Gasteiger partial charge in [0.15, 0.2) is 0 Å². The van der Waals surface area contributed by atoms with Crippen molar-refractivity contribution in [1.29, 1.82) is 0 Å². The highest BCUT2D eigenvalue weighted by molar-refractivity contribution is 7.09. The van der Waals surface area contributed by atoms with E-state index in [0.717, 1.165) is 12.3 Å². The molecule has 0 aromatic carbocycles. The van der Waals surface area contributed by atoms with Gasteiger partial charge in [-0.15, -0.1) is 11.3 Å². The van der Waals surface area contributed by atoms with Gasteiger partial charge in [0.25, 0.3) is 0 Å². The van der Waals surface area contributed by atoms with Crippen LogP contribution in [0.2, 0.25) is 0 Å². The Morgan fingerprint density at radius 1 is 1.50 bits per heavy atom. The van der Waals surface area contributed by atoms with Crippen LogP contribution < -0.4 is 5.32 Å². The second kappa shape index (κ2) is 6.14. The third kappa shape index (κ3) is 4.20. The Morgan fingerprint density at radius 3 is 2.79 bits per heavy atom. The third-order valence-electron chi connectivity index (χ3n) is 2.39. The molecule has 80 valence electrons. The predicted molar refractivity (Wildman–Crippen MR) is 62.7 cm³/mol. The van der Waals surface area contributed by atoms with Crippen molar-refractivity contribution in [3.63, 3.8) is 0 Å². The fraction of sp³-hybridized carbons (Fsp3) is 0.727. The minimum Gasteiger partial charge on any atom is -0.317 e. The van der Waals surface area contributed by atoms with Gasteiger partial charge in [-0.1, -0.05) is 13.8 Å². The monoisotopic (exact) mass is 212 g/mol. The Bertz CT molecular complexity index is 231. The number of rotatable bonds is 6. The van der Waals surface area contributed by atoms with Crippen molar-refractivity contribution < 1.29 is 0 Å². The van der Waals surface area contributed by atoms with E-state index in [4.69, 9.17) is 0 Å². The maximum Gasteiger partial charge on any atom is 0.0794 e. The quantitative estimate of drug-likeness (QED) is 0.784. The van der Waals surface area contributed by atoms with Crippen LogP contribution in [-0.4, -0.2) is 18.1 Å². The van der Waals surface area contributed by atoms with E-state index < -0.39 is 0 Å². The maximum atomic E-state index is 4.08. The lowest BCUT2D eigenvalue weighted by atomic mass is 10.00. The summed E-state index contributed by atoms with van der Waals surface area (Å²) < 4.78 is 0. The zero-order chi connectivity index (χ0) is 10.4. The smallest absolute Gasteiger partial charge is 0.0794 e. The molecule has 1 aromatic rings. The minimum atomic E-state index is 0.650. The largest absolute Gasteiger partial charge is 0.317 e. The van der Waals surface area contributed by atoms with Crippen molar-refractivity contribution in [3.05, 3.63) is 16.6 Å². The summed E-state index contributed by atoms with van der Waals surface area (Å²) in [5.74, 6) is 0.772. The second-order valence-corrected chi connectivity index (χ2v) is 5.09. The first-order valence-corrected chi connectivity index (χ1v) is 6.15. The van der Waals surface area contributed by atoms with E-state index in [1.165, 1.54) is 17.7 Å². The molecule has 1 unspecified atom stereocenters. The Morgan fingerprint density at radius 2 is 2.29 bits per heavy atom. The number of hydrogen-bond acceptors (Lipinski definition) is 3. The number of aryl methyl sites for hydroxylation is 1. The zero-order valence-electron chi connectivity index (χ0n) is 9.29. The van der Waals surface area contributed by atoms with Crippen molar-refractivity contribution in [2.24, 2.45) is 5.92 Å². The molecule has 0 aliphatic heterocycles. The Labute approximate surface area is 90.8 Å². The zero-order valence-corrected chi connectivity index (χ0v) is 10.1. The molecule has 2 nitrogen and oxygen atoms in total. The summed E-state index contributed by atoms with van der Waals surface area (Å²) in [6.07, 6.45) is 5.61. The van der Waals surface area contributed by atoms with Crippen molar-refractivity contribution in [1.82, 2.24) is 10.3 Å². The number of hydrogen-bond donors (Lipinski definition) is 1. The van der Waals surface area contributed by atoms with E-state index in [2.05, 4.69) is 31.2 Å². The van der Waals surface area contributed by atoms with E-state index >= 15 is 0 Å². The molecule has 1 atom stereocenters. The van der Waals surface area contributed by atoms with E-state index in [1.54, 1.807) is 11.3 Å². The molecule has 1 aromatic heterocycles. The standard InChI is InChI=1S/C11H20N2S/c1-9(2)6-10(12-3)4-5-11-7-13-8-14-11/h7-10,12H,4-6H2,1-3H3. The Hall–Kier alpha value is -0.410. The molecule has 0 amide bonds. The molecule has 0 saturated heterocycles. The molecule has 0 saturated carbocycles. The van der Waals surface area contributed by atoms with Gasteiger partial charge in [-0.3, -0.25) is 4.98 Å². The van der Waals surface area contributed by atoms with Crippen molar-refractivity contribution in [2.75, 3.05) is 7.05 Å². The fourth-order valence-electron chi connectivity index (χ4n) is 1.63. The number of nitrogens with zero attached hydrogens (tertiary/aromatic N) is 1. The summed E-state index contributed by atoms with van der Waals surface area (Å²) in [6.45, 7) is 4.55. The van der Waals surface area contributed by atoms with Gasteiger partial charge in [0.2, 0.25) is 0 Å². The average Bonchev–Trinajstić information content (AvgIpc) is 2.64. The van der Waals surface area contributed by atoms with Gasteiger partial charge in [0.1, 0.15) is 0 Å². The normalized spacial score (nSPS) is 13.4. The summed E-state index contributed by atoms with van der Waals surface area (Å²) in [5, 5.41) is 3.38. The fourth-order valence-corrected chi connectivity index (χ4v) is 2.25. The number of aromatic nitrogens is 1. The molecule has 0 aliphatic rings. The number of nitrogens with one attached hydrogen (secondary N) is 1. The first-order valence-electron chi connectivity index (χ1n) is 5.27. The number of thiazole rings is 1. The average molecular weight is 212 g/mol. The molecule has 1 heterocycles. The SMILES string of the molecule is CNC(CCc1cncs1)CC(C)C. The van der Waals surface area contributed by atoms with Crippen LogP contribution in [0.15, 0.2) is 11.7 Å². The molecular weight excluding hydrogens is 192 g/mol. The van der Waals surface area contributed by atoms with Gasteiger partial charge in [-0.2, -0.15) is 0 Å². The van der Waals surface area contributed by atoms with Crippen LogP contribution in [-0.2, 0) is 6.42 Å².